The topological polar surface area (TPSA) is 127 Å². The summed E-state index contributed by atoms with van der Waals surface area (Å²) in [5.74, 6) is 2.30. The fourth-order valence-electron chi connectivity index (χ4n) is 2.65. The van der Waals surface area contributed by atoms with Crippen molar-refractivity contribution in [1.82, 2.24) is 20.2 Å². The third-order valence-corrected chi connectivity index (χ3v) is 5.16. The van der Waals surface area contributed by atoms with Crippen LogP contribution in [0.5, 0.6) is 0 Å². The van der Waals surface area contributed by atoms with Crippen molar-refractivity contribution < 1.29 is 8.42 Å². The number of aryl methyl sites for hydroxylation is 1. The molecule has 0 atom stereocenters. The van der Waals surface area contributed by atoms with E-state index >= 15 is 0 Å². The predicted molar refractivity (Wildman–Crippen MR) is 97.4 cm³/mol. The molecule has 1 aliphatic rings. The Balaban J connectivity index is 1.65. The van der Waals surface area contributed by atoms with Crippen LogP contribution in [0.1, 0.15) is 30.0 Å². The highest BCUT2D eigenvalue weighted by Crippen LogP contribution is 2.39. The average molecular weight is 370 g/mol. The number of hydrogen-bond acceptors (Lipinski definition) is 6. The maximum atomic E-state index is 11.6. The minimum Gasteiger partial charge on any atom is -0.323 e. The van der Waals surface area contributed by atoms with E-state index in [9.17, 15) is 8.42 Å². The molecule has 8 nitrogen and oxygen atoms in total. The van der Waals surface area contributed by atoms with Gasteiger partial charge in [-0.25, -0.2) is 23.5 Å². The number of benzene rings is 1. The lowest BCUT2D eigenvalue weighted by Gasteiger charge is -2.08. The molecule has 4 rings (SSSR count). The number of sulfonamides is 1. The average Bonchev–Trinajstić information content (AvgIpc) is 3.36. The van der Waals surface area contributed by atoms with Gasteiger partial charge in [-0.05, 0) is 31.9 Å². The summed E-state index contributed by atoms with van der Waals surface area (Å²) >= 11 is 0. The number of rotatable bonds is 5. The monoisotopic (exact) mass is 370 g/mol. The molecule has 0 radical (unpaired) electrons. The SMILES string of the molecule is Cc1cnc(-c2cccc(S(N)(=O)=O)c2)nc1Nc1cc(C2CC2)[nH]n1. The molecule has 9 heteroatoms. The molecule has 0 bridgehead atoms. The summed E-state index contributed by atoms with van der Waals surface area (Å²) in [6.07, 6.45) is 4.07. The van der Waals surface area contributed by atoms with E-state index < -0.39 is 10.0 Å². The van der Waals surface area contributed by atoms with Crippen LogP contribution >= 0.6 is 0 Å². The van der Waals surface area contributed by atoms with E-state index in [0.29, 0.717) is 28.9 Å². The number of nitrogens with zero attached hydrogens (tertiary/aromatic N) is 3. The minimum absolute atomic E-state index is 0.0232. The normalized spacial score (nSPS) is 14.4. The Labute approximate surface area is 150 Å². The molecule has 2 aromatic heterocycles. The van der Waals surface area contributed by atoms with Gasteiger partial charge >= 0.3 is 0 Å². The van der Waals surface area contributed by atoms with Crippen LogP contribution in [0.2, 0.25) is 0 Å². The van der Waals surface area contributed by atoms with E-state index in [1.807, 2.05) is 13.0 Å². The van der Waals surface area contributed by atoms with Gasteiger partial charge < -0.3 is 5.32 Å². The first-order valence-electron chi connectivity index (χ1n) is 8.19. The summed E-state index contributed by atoms with van der Waals surface area (Å²) in [5, 5.41) is 15.7. The van der Waals surface area contributed by atoms with E-state index in [-0.39, 0.29) is 4.90 Å². The minimum atomic E-state index is -3.78. The summed E-state index contributed by atoms with van der Waals surface area (Å²) in [5.41, 5.74) is 2.55. The Bertz CT molecular complexity index is 1070. The molecular formula is C17H18N6O2S. The fourth-order valence-corrected chi connectivity index (χ4v) is 3.20. The molecule has 0 amide bonds. The lowest BCUT2D eigenvalue weighted by Crippen LogP contribution is -2.12. The first kappa shape index (κ1) is 16.7. The molecule has 0 aliphatic heterocycles. The van der Waals surface area contributed by atoms with Crippen LogP contribution in [-0.4, -0.2) is 28.6 Å². The summed E-state index contributed by atoms with van der Waals surface area (Å²) in [4.78, 5) is 8.84. The largest absolute Gasteiger partial charge is 0.323 e. The van der Waals surface area contributed by atoms with Gasteiger partial charge in [0.15, 0.2) is 11.6 Å². The molecule has 1 aromatic carbocycles. The van der Waals surface area contributed by atoms with Gasteiger partial charge in [0.1, 0.15) is 5.82 Å². The lowest BCUT2D eigenvalue weighted by molar-refractivity contribution is 0.598. The van der Waals surface area contributed by atoms with Crippen LogP contribution < -0.4 is 10.5 Å². The van der Waals surface area contributed by atoms with Crippen molar-refractivity contribution in [1.29, 1.82) is 0 Å². The van der Waals surface area contributed by atoms with Gasteiger partial charge in [0, 0.05) is 35.0 Å². The van der Waals surface area contributed by atoms with Crippen molar-refractivity contribution in [2.75, 3.05) is 5.32 Å². The highest BCUT2D eigenvalue weighted by atomic mass is 32.2. The van der Waals surface area contributed by atoms with Crippen LogP contribution in [0.25, 0.3) is 11.4 Å². The molecule has 26 heavy (non-hydrogen) atoms. The highest BCUT2D eigenvalue weighted by Gasteiger charge is 2.25. The second-order valence-corrected chi connectivity index (χ2v) is 7.97. The van der Waals surface area contributed by atoms with E-state index in [0.717, 1.165) is 11.3 Å². The number of hydrogen-bond donors (Lipinski definition) is 3. The van der Waals surface area contributed by atoms with E-state index in [1.54, 1.807) is 18.3 Å². The number of anilines is 2. The van der Waals surface area contributed by atoms with Crippen molar-refractivity contribution in [3.05, 3.63) is 47.8 Å². The van der Waals surface area contributed by atoms with Crippen molar-refractivity contribution in [3.8, 4) is 11.4 Å². The molecule has 0 spiro atoms. The molecule has 1 fully saturated rings. The van der Waals surface area contributed by atoms with Crippen molar-refractivity contribution >= 4 is 21.7 Å². The van der Waals surface area contributed by atoms with E-state index in [1.165, 1.54) is 25.0 Å². The smallest absolute Gasteiger partial charge is 0.238 e. The maximum absolute atomic E-state index is 11.6. The summed E-state index contributed by atoms with van der Waals surface area (Å²) in [6.45, 7) is 1.89. The standard InChI is InChI=1S/C17H18N6O2S/c1-10-9-19-17(12-3-2-4-13(7-12)26(18,24)25)21-16(10)20-15-8-14(22-23-15)11-5-6-11/h2-4,7-9,11H,5-6H2,1H3,(H2,18,24,25)(H2,19,20,21,22,23). The first-order chi connectivity index (χ1) is 12.4. The maximum Gasteiger partial charge on any atom is 0.238 e. The molecule has 134 valence electrons. The Kier molecular flexibility index (Phi) is 3.97. The van der Waals surface area contributed by atoms with Gasteiger partial charge in [-0.2, -0.15) is 5.10 Å². The molecule has 4 N–H and O–H groups in total. The van der Waals surface area contributed by atoms with Crippen molar-refractivity contribution in [3.63, 3.8) is 0 Å². The number of nitrogens with one attached hydrogen (secondary N) is 2. The zero-order chi connectivity index (χ0) is 18.3. The van der Waals surface area contributed by atoms with E-state index in [4.69, 9.17) is 5.14 Å². The second kappa shape index (κ2) is 6.19. The van der Waals surface area contributed by atoms with Gasteiger partial charge in [0.25, 0.3) is 0 Å². The lowest BCUT2D eigenvalue weighted by atomic mass is 10.2. The quantitative estimate of drug-likeness (QED) is 0.633. The molecular weight excluding hydrogens is 352 g/mol. The molecule has 0 unspecified atom stereocenters. The second-order valence-electron chi connectivity index (χ2n) is 6.41. The van der Waals surface area contributed by atoms with Gasteiger partial charge in [-0.15, -0.1) is 0 Å². The fraction of sp³-hybridized carbons (Fsp3) is 0.235. The third-order valence-electron chi connectivity index (χ3n) is 4.25. The molecule has 1 aliphatic carbocycles. The predicted octanol–water partition coefficient (Wildman–Crippen LogP) is 2.44. The van der Waals surface area contributed by atoms with Crippen molar-refractivity contribution in [2.45, 2.75) is 30.6 Å². The zero-order valence-electron chi connectivity index (χ0n) is 14.1. The Hall–Kier alpha value is -2.78. The zero-order valence-corrected chi connectivity index (χ0v) is 14.9. The summed E-state index contributed by atoms with van der Waals surface area (Å²) < 4.78 is 23.1. The van der Waals surface area contributed by atoms with Crippen molar-refractivity contribution in [2.24, 2.45) is 5.14 Å². The Morgan fingerprint density at radius 1 is 1.27 bits per heavy atom. The molecule has 1 saturated carbocycles. The molecule has 0 saturated heterocycles. The summed E-state index contributed by atoms with van der Waals surface area (Å²) in [6, 6.07) is 8.24. The van der Waals surface area contributed by atoms with Gasteiger partial charge in [-0.3, -0.25) is 5.10 Å². The number of aromatic amines is 1. The first-order valence-corrected chi connectivity index (χ1v) is 9.74. The number of H-pyrrole nitrogens is 1. The van der Waals surface area contributed by atoms with Gasteiger partial charge in [0.2, 0.25) is 10.0 Å². The Morgan fingerprint density at radius 3 is 2.81 bits per heavy atom. The third kappa shape index (κ3) is 3.44. The van der Waals surface area contributed by atoms with E-state index in [2.05, 4.69) is 25.5 Å². The van der Waals surface area contributed by atoms with Gasteiger partial charge in [-0.1, -0.05) is 12.1 Å². The molecule has 2 heterocycles. The Morgan fingerprint density at radius 2 is 2.08 bits per heavy atom. The summed E-state index contributed by atoms with van der Waals surface area (Å²) in [7, 11) is -3.78. The highest BCUT2D eigenvalue weighted by molar-refractivity contribution is 7.89. The number of primary sulfonamides is 1. The van der Waals surface area contributed by atoms with Crippen LogP contribution in [0, 0.1) is 6.92 Å². The van der Waals surface area contributed by atoms with Gasteiger partial charge in [0.05, 0.1) is 4.90 Å². The van der Waals surface area contributed by atoms with Crippen LogP contribution in [0.3, 0.4) is 0 Å². The number of aromatic nitrogens is 4. The van der Waals surface area contributed by atoms with Crippen LogP contribution in [0.15, 0.2) is 41.4 Å². The van der Waals surface area contributed by atoms with Crippen LogP contribution in [0.4, 0.5) is 11.6 Å². The van der Waals surface area contributed by atoms with Crippen LogP contribution in [-0.2, 0) is 10.0 Å². The number of nitrogens with two attached hydrogens (primary N) is 1. The molecule has 3 aromatic rings.